The summed E-state index contributed by atoms with van der Waals surface area (Å²) in [4.78, 5) is 81.0. The van der Waals surface area contributed by atoms with Crippen LogP contribution in [0, 0.1) is 29.1 Å². The van der Waals surface area contributed by atoms with Crippen molar-refractivity contribution in [1.82, 2.24) is 34.7 Å². The lowest BCUT2D eigenvalue weighted by Crippen LogP contribution is -2.35. The maximum absolute atomic E-state index is 13.1. The standard InChI is InChI=1S/C17H17ClN2O2.C17H21FN2O2S.C16H19FN2O3S.C15H16FNO3S.C14H15FN2O3S.C14H14FNO2S/c1-21-11-13-10-15(20-17-19-8-9-22-17)6-7-16(13)12-2-4-14(18)5-3-12;1-22-11-15-17(12-2-4-13(18)5-3-12)19-16(23-15)10-20-8-6-14(21)7-9-20;1-19(2)15(20)10-22-9-14-18-16(13(23-14)8-21-3)11-4-6-12(17)7-5-11;1-20-9-13-14(10-4-6-11(16)7-5-10)17-15(21-13)12(19)3-2-8-18;1-19-6-11-14(9-2-4-10(15)5-3-9)17-13(21-11)8-20-7-12(16)18;1-3-11(17)14-16-13(12(19-14)8-18-2)9-4-6-10(15)7-5-9/h2-7,10H,8-9,11H2,1H3,(H,19,20);2-5,14,21H,6-11H2,1H3;4-7H,8-10H2,1-3H3;4-7,18H,2-3,8-9H2,1H3;2-5H,6-8H2,1H3,(H2,16,18);4-7H,3,8H2,1-2H3. The van der Waals surface area contributed by atoms with E-state index in [-0.39, 0.29) is 92.1 Å². The minimum absolute atomic E-state index is 0.00992. The molecule has 2 aliphatic heterocycles. The lowest BCUT2D eigenvalue weighted by atomic mass is 9.99. The van der Waals surface area contributed by atoms with Crippen LogP contribution in [0.5, 0.6) is 0 Å². The van der Waals surface area contributed by atoms with Crippen LogP contribution < -0.4 is 11.1 Å². The van der Waals surface area contributed by atoms with Crippen LogP contribution >= 0.6 is 68.3 Å². The van der Waals surface area contributed by atoms with Crippen LogP contribution in [0.15, 0.2) is 169 Å². The molecule has 686 valence electrons. The van der Waals surface area contributed by atoms with Crippen molar-refractivity contribution in [3.05, 3.63) is 253 Å². The zero-order valence-electron chi connectivity index (χ0n) is 72.7. The summed E-state index contributed by atoms with van der Waals surface area (Å²) in [7, 11) is 13.1. The number of likely N-dealkylation sites (N-methyl/N-ethyl adjacent to an activating group) is 1. The largest absolute Gasteiger partial charge is 0.463 e. The first-order valence-electron chi connectivity index (χ1n) is 40.6. The number of rotatable bonds is 35. The zero-order valence-corrected chi connectivity index (χ0v) is 77.5. The number of hydrogen-bond acceptors (Lipinski definition) is 28. The van der Waals surface area contributed by atoms with Gasteiger partial charge in [-0.3, -0.25) is 24.1 Å². The molecule has 1 saturated heterocycles. The van der Waals surface area contributed by atoms with Crippen LogP contribution in [0.4, 0.5) is 27.6 Å². The van der Waals surface area contributed by atoms with Gasteiger partial charge < -0.3 is 68.8 Å². The van der Waals surface area contributed by atoms with E-state index in [4.69, 9.17) is 70.1 Å². The summed E-state index contributed by atoms with van der Waals surface area (Å²) < 4.78 is 112. The Morgan fingerprint density at radius 2 is 0.884 bits per heavy atom. The van der Waals surface area contributed by atoms with Gasteiger partial charge in [0.1, 0.15) is 63.9 Å². The summed E-state index contributed by atoms with van der Waals surface area (Å²) in [6, 6.07) is 45.2. The molecule has 7 heterocycles. The molecule has 0 unspecified atom stereocenters. The summed E-state index contributed by atoms with van der Waals surface area (Å²) in [5, 5.41) is 25.7. The molecule has 0 aliphatic carbocycles. The number of aromatic nitrogens is 5. The maximum atomic E-state index is 13.1. The molecule has 12 aromatic rings. The van der Waals surface area contributed by atoms with E-state index in [1.165, 1.54) is 111 Å². The number of Topliss-reactive ketones (excluding diaryl/α,β-unsaturated/α-hetero) is 2. The van der Waals surface area contributed by atoms with Crippen molar-refractivity contribution >= 4 is 103 Å². The summed E-state index contributed by atoms with van der Waals surface area (Å²) in [5.41, 5.74) is 17.1. The molecular formula is C93H102ClF5N10O15S5. The number of likely N-dealkylation sites (tertiary alicyclic amines) is 1. The first kappa shape index (κ1) is 102. The first-order chi connectivity index (χ1) is 62.3. The van der Waals surface area contributed by atoms with E-state index < -0.39 is 5.91 Å². The van der Waals surface area contributed by atoms with E-state index in [2.05, 4.69) is 47.3 Å². The number of ketones is 2. The molecular weight excluding hydrogens is 1790 g/mol. The van der Waals surface area contributed by atoms with Crippen molar-refractivity contribution in [2.75, 3.05) is 108 Å². The fraction of sp³-hybridized carbons (Fsp3) is 0.333. The summed E-state index contributed by atoms with van der Waals surface area (Å²) in [5.74, 6) is -2.16. The molecule has 0 atom stereocenters. The number of carbonyl (C=O) groups is 4. The number of benzene rings is 7. The normalized spacial score (nSPS) is 12.3. The number of carbonyl (C=O) groups excluding carboxylic acids is 4. The molecule has 0 bridgehead atoms. The Hall–Kier alpha value is -10.3. The number of amidine groups is 1. The van der Waals surface area contributed by atoms with Crippen LogP contribution in [0.25, 0.3) is 67.4 Å². The highest BCUT2D eigenvalue weighted by Crippen LogP contribution is 2.37. The van der Waals surface area contributed by atoms with E-state index in [0.717, 1.165) is 139 Å². The zero-order chi connectivity index (χ0) is 92.7. The Balaban J connectivity index is 0.000000175. The van der Waals surface area contributed by atoms with Crippen molar-refractivity contribution in [2.24, 2.45) is 10.7 Å². The topological polar surface area (TPSA) is 313 Å². The van der Waals surface area contributed by atoms with Crippen molar-refractivity contribution in [1.29, 1.82) is 0 Å². The Labute approximate surface area is 770 Å². The van der Waals surface area contributed by atoms with Gasteiger partial charge in [-0.2, -0.15) is 0 Å². The number of aliphatic imine (C=N–C) groups is 1. The van der Waals surface area contributed by atoms with E-state index >= 15 is 0 Å². The monoisotopic (exact) mass is 1890 g/mol. The van der Waals surface area contributed by atoms with Gasteiger partial charge >= 0.3 is 0 Å². The van der Waals surface area contributed by atoms with Crippen LogP contribution in [0.3, 0.4) is 0 Å². The highest BCUT2D eigenvalue weighted by molar-refractivity contribution is 7.14. The lowest BCUT2D eigenvalue weighted by Gasteiger charge is -2.28. The number of piperidine rings is 1. The van der Waals surface area contributed by atoms with Crippen molar-refractivity contribution in [3.8, 4) is 67.4 Å². The molecule has 5 aromatic heterocycles. The van der Waals surface area contributed by atoms with E-state index in [1.807, 2.05) is 30.3 Å². The molecule has 36 heteroatoms. The Bertz CT molecular complexity index is 5530. The van der Waals surface area contributed by atoms with Crippen LogP contribution in [-0.2, 0) is 112 Å². The minimum Gasteiger partial charge on any atom is -0.463 e. The number of nitrogens with one attached hydrogen (secondary N) is 1. The van der Waals surface area contributed by atoms with Gasteiger partial charge in [0, 0.05) is 128 Å². The number of nitrogens with zero attached hydrogens (tertiary/aromatic N) is 8. The minimum atomic E-state index is -0.526. The number of methoxy groups -OCH3 is 6. The van der Waals surface area contributed by atoms with Gasteiger partial charge in [0.2, 0.25) is 11.8 Å². The molecule has 1 fully saturated rings. The van der Waals surface area contributed by atoms with E-state index in [0.29, 0.717) is 98.1 Å². The van der Waals surface area contributed by atoms with Gasteiger partial charge in [-0.15, -0.1) is 56.7 Å². The SMILES string of the molecule is CCC(=O)c1nc(-c2ccc(F)cc2)c(COC)s1.COCc1cc(NC2=NCCO2)ccc1-c1ccc(Cl)cc1.COCc1sc(C(=O)CCCO)nc1-c1ccc(F)cc1.COCc1sc(CN2CCC(O)CC2)nc1-c1ccc(F)cc1.COCc1sc(COCC(=O)N(C)C)nc1-c1ccc(F)cc1.COCc1sc(COCC(N)=O)nc1-c1ccc(F)cc1. The molecule has 14 rings (SSSR count). The number of hydrogen-bond donors (Lipinski definition) is 4. The summed E-state index contributed by atoms with van der Waals surface area (Å²) in [6.45, 7) is 8.60. The van der Waals surface area contributed by atoms with Crippen LogP contribution in [0.2, 0.25) is 5.02 Å². The summed E-state index contributed by atoms with van der Waals surface area (Å²) >= 11 is 13.1. The quantitative estimate of drug-likeness (QED) is 0.0212. The number of thiazole rings is 5. The third kappa shape index (κ3) is 32.7. The van der Waals surface area contributed by atoms with Gasteiger partial charge in [-0.25, -0.2) is 51.9 Å². The lowest BCUT2D eigenvalue weighted by molar-refractivity contribution is -0.134. The third-order valence-electron chi connectivity index (χ3n) is 18.7. The van der Waals surface area contributed by atoms with Gasteiger partial charge in [0.25, 0.3) is 6.02 Å². The summed E-state index contributed by atoms with van der Waals surface area (Å²) in [6.07, 6.45) is 2.58. The number of halogens is 6. The van der Waals surface area contributed by atoms with E-state index in [1.54, 1.807) is 136 Å². The number of nitrogens with two attached hydrogens (primary N) is 1. The average molecular weight is 1890 g/mol. The van der Waals surface area contributed by atoms with E-state index in [9.17, 15) is 46.2 Å². The Morgan fingerprint density at radius 3 is 1.26 bits per heavy atom. The fourth-order valence-electron chi connectivity index (χ4n) is 12.4. The average Bonchev–Trinajstić information content (AvgIpc) is 1.44. The van der Waals surface area contributed by atoms with Crippen molar-refractivity contribution in [3.63, 3.8) is 0 Å². The molecule has 0 saturated carbocycles. The Kier molecular flexibility index (Phi) is 42.7. The van der Waals surface area contributed by atoms with Gasteiger partial charge in [0.05, 0.1) is 125 Å². The van der Waals surface area contributed by atoms with Crippen molar-refractivity contribution in [2.45, 2.75) is 105 Å². The van der Waals surface area contributed by atoms with Crippen molar-refractivity contribution < 1.29 is 94.0 Å². The molecule has 5 N–H and O–H groups in total. The maximum Gasteiger partial charge on any atom is 0.289 e. The van der Waals surface area contributed by atoms with Crippen LogP contribution in [0.1, 0.15) is 104 Å². The highest BCUT2D eigenvalue weighted by Gasteiger charge is 2.24. The number of amides is 2. The molecule has 0 radical (unpaired) electrons. The smallest absolute Gasteiger partial charge is 0.289 e. The predicted molar refractivity (Wildman–Crippen MR) is 494 cm³/mol. The molecule has 7 aromatic carbocycles. The highest BCUT2D eigenvalue weighted by atomic mass is 35.5. The van der Waals surface area contributed by atoms with Gasteiger partial charge in [0.15, 0.2) is 21.6 Å². The fourth-order valence-corrected chi connectivity index (χ4v) is 17.7. The Morgan fingerprint density at radius 1 is 0.504 bits per heavy atom. The first-order valence-corrected chi connectivity index (χ1v) is 45.0. The predicted octanol–water partition coefficient (Wildman–Crippen LogP) is 18.5. The molecule has 129 heavy (non-hydrogen) atoms. The molecule has 0 spiro atoms. The third-order valence-corrected chi connectivity index (χ3v) is 24.1. The number of ether oxygens (including phenoxy) is 9. The molecule has 2 amide bonds. The number of aliphatic hydroxyl groups excluding tert-OH is 2. The number of anilines is 1. The molecule has 25 nitrogen and oxygen atoms in total. The number of aliphatic hydroxyl groups is 2. The second-order valence-electron chi connectivity index (χ2n) is 28.7. The second-order valence-corrected chi connectivity index (χ2v) is 34.8. The second kappa shape index (κ2) is 53.8. The van der Waals surface area contributed by atoms with Crippen LogP contribution in [-0.4, -0.2) is 183 Å². The van der Waals surface area contributed by atoms with Gasteiger partial charge in [-0.1, -0.05) is 36.7 Å². The van der Waals surface area contributed by atoms with Gasteiger partial charge in [-0.05, 0) is 182 Å². The molecule has 2 aliphatic rings. The number of primary amides is 1.